The van der Waals surface area contributed by atoms with Crippen LogP contribution in [0.3, 0.4) is 0 Å². The van der Waals surface area contributed by atoms with Crippen LogP contribution in [0, 0.1) is 0 Å². The molecule has 1 saturated heterocycles. The predicted molar refractivity (Wildman–Crippen MR) is 39.5 cm³/mol. The second-order valence-corrected chi connectivity index (χ2v) is 3.89. The van der Waals surface area contributed by atoms with Gasteiger partial charge in [0, 0.05) is 11.0 Å². The number of hydrogen-bond acceptors (Lipinski definition) is 2. The zero-order chi connectivity index (χ0) is 5.40. The van der Waals surface area contributed by atoms with Crippen molar-refractivity contribution in [2.24, 2.45) is 0 Å². The minimum atomic E-state index is 0.862. The van der Waals surface area contributed by atoms with Crippen LogP contribution in [0.15, 0.2) is 16.8 Å². The molecule has 0 aliphatic carbocycles. The highest BCUT2D eigenvalue weighted by Gasteiger charge is 2.24. The first kappa shape index (κ1) is 4.89. The van der Waals surface area contributed by atoms with E-state index >= 15 is 0 Å². The van der Waals surface area contributed by atoms with E-state index in [1.165, 1.54) is 11.3 Å². The third kappa shape index (κ3) is 0.782. The summed E-state index contributed by atoms with van der Waals surface area (Å²) >= 11 is 3.83. The van der Waals surface area contributed by atoms with Crippen LogP contribution in [-0.2, 0) is 0 Å². The van der Waals surface area contributed by atoms with Crippen molar-refractivity contribution in [2.45, 2.75) is 5.25 Å². The molecule has 1 aliphatic rings. The van der Waals surface area contributed by atoms with Crippen LogP contribution < -0.4 is 0 Å². The Bertz CT molecular complexity index is 163. The monoisotopic (exact) mass is 142 g/mol. The van der Waals surface area contributed by atoms with Gasteiger partial charge in [0.15, 0.2) is 0 Å². The highest BCUT2D eigenvalue weighted by molar-refractivity contribution is 8.06. The van der Waals surface area contributed by atoms with Crippen molar-refractivity contribution >= 4 is 23.1 Å². The zero-order valence-electron chi connectivity index (χ0n) is 4.33. The van der Waals surface area contributed by atoms with E-state index in [0.29, 0.717) is 0 Å². The van der Waals surface area contributed by atoms with Gasteiger partial charge in [0.2, 0.25) is 0 Å². The molecule has 2 rings (SSSR count). The van der Waals surface area contributed by atoms with Crippen molar-refractivity contribution in [3.05, 3.63) is 22.4 Å². The van der Waals surface area contributed by atoms with E-state index in [1.807, 2.05) is 11.8 Å². The Morgan fingerprint density at radius 2 is 2.50 bits per heavy atom. The molecule has 42 valence electrons. The molecule has 2 heteroatoms. The summed E-state index contributed by atoms with van der Waals surface area (Å²) in [7, 11) is 0. The van der Waals surface area contributed by atoms with Gasteiger partial charge in [-0.2, -0.15) is 23.1 Å². The average molecular weight is 142 g/mol. The molecule has 0 amide bonds. The maximum Gasteiger partial charge on any atom is 0.0396 e. The maximum absolute atomic E-state index is 2.24. The fourth-order valence-corrected chi connectivity index (χ4v) is 2.13. The Kier molecular flexibility index (Phi) is 1.09. The van der Waals surface area contributed by atoms with Gasteiger partial charge in [-0.1, -0.05) is 0 Å². The fourth-order valence-electron chi connectivity index (χ4n) is 0.699. The molecule has 8 heavy (non-hydrogen) atoms. The van der Waals surface area contributed by atoms with Crippen LogP contribution in [0.4, 0.5) is 0 Å². The van der Waals surface area contributed by atoms with Gasteiger partial charge >= 0.3 is 0 Å². The van der Waals surface area contributed by atoms with Crippen molar-refractivity contribution in [1.82, 2.24) is 0 Å². The first-order chi connectivity index (χ1) is 3.97. The van der Waals surface area contributed by atoms with Crippen molar-refractivity contribution in [3.8, 4) is 0 Å². The molecule has 1 fully saturated rings. The molecule has 0 bridgehead atoms. The number of thioether (sulfide) groups is 1. The van der Waals surface area contributed by atoms with Crippen LogP contribution in [0.25, 0.3) is 0 Å². The van der Waals surface area contributed by atoms with E-state index in [2.05, 4.69) is 16.8 Å². The Morgan fingerprint density at radius 3 is 3.00 bits per heavy atom. The lowest BCUT2D eigenvalue weighted by atomic mass is 10.3. The molecule has 0 aromatic carbocycles. The normalized spacial score (nSPS) is 25.8. The molecule has 0 spiro atoms. The summed E-state index contributed by atoms with van der Waals surface area (Å²) in [6.45, 7) is 0. The molecular weight excluding hydrogens is 136 g/mol. The summed E-state index contributed by atoms with van der Waals surface area (Å²) in [4.78, 5) is 0. The Hall–Kier alpha value is 0.0500. The SMILES string of the molecule is c1cc(C2CS2)cs1. The molecule has 1 aliphatic heterocycles. The average Bonchev–Trinajstić information content (AvgIpc) is 2.49. The summed E-state index contributed by atoms with van der Waals surface area (Å²) in [6, 6.07) is 2.22. The minimum Gasteiger partial charge on any atom is -0.152 e. The molecular formula is C6H6S2. The highest BCUT2D eigenvalue weighted by atomic mass is 32.2. The third-order valence-corrected chi connectivity index (χ3v) is 2.89. The van der Waals surface area contributed by atoms with Gasteiger partial charge in [0.1, 0.15) is 0 Å². The minimum absolute atomic E-state index is 0.862. The molecule has 1 aromatic heterocycles. The number of rotatable bonds is 1. The summed E-state index contributed by atoms with van der Waals surface area (Å²) < 4.78 is 0. The maximum atomic E-state index is 2.24. The molecule has 0 nitrogen and oxygen atoms in total. The van der Waals surface area contributed by atoms with E-state index in [0.717, 1.165) is 5.25 Å². The molecule has 1 atom stereocenters. The van der Waals surface area contributed by atoms with Crippen LogP contribution in [0.2, 0.25) is 0 Å². The van der Waals surface area contributed by atoms with Crippen LogP contribution in [0.1, 0.15) is 10.8 Å². The van der Waals surface area contributed by atoms with Crippen LogP contribution >= 0.6 is 23.1 Å². The fraction of sp³-hybridized carbons (Fsp3) is 0.333. The summed E-state index contributed by atoms with van der Waals surface area (Å²) in [6.07, 6.45) is 0. The standard InChI is InChI=1S/C6H6S2/c1-2-7-3-5(1)6-4-8-6/h1-3,6H,4H2. The van der Waals surface area contributed by atoms with E-state index in [9.17, 15) is 0 Å². The quantitative estimate of drug-likeness (QED) is 0.543. The smallest absolute Gasteiger partial charge is 0.0396 e. The predicted octanol–water partition coefficient (Wildman–Crippen LogP) is 2.54. The first-order valence-corrected chi connectivity index (χ1v) is 4.59. The van der Waals surface area contributed by atoms with Gasteiger partial charge in [0.25, 0.3) is 0 Å². The lowest BCUT2D eigenvalue weighted by molar-refractivity contribution is 1.25. The largest absolute Gasteiger partial charge is 0.152 e. The van der Waals surface area contributed by atoms with E-state index < -0.39 is 0 Å². The van der Waals surface area contributed by atoms with Crippen LogP contribution in [-0.4, -0.2) is 5.75 Å². The van der Waals surface area contributed by atoms with Gasteiger partial charge in [-0.15, -0.1) is 0 Å². The van der Waals surface area contributed by atoms with Crippen molar-refractivity contribution in [2.75, 3.05) is 5.75 Å². The Morgan fingerprint density at radius 1 is 1.62 bits per heavy atom. The third-order valence-electron chi connectivity index (χ3n) is 1.25. The molecule has 2 heterocycles. The molecule has 0 N–H and O–H groups in total. The van der Waals surface area contributed by atoms with Gasteiger partial charge in [-0.3, -0.25) is 0 Å². The second kappa shape index (κ2) is 1.78. The van der Waals surface area contributed by atoms with Crippen molar-refractivity contribution in [3.63, 3.8) is 0 Å². The van der Waals surface area contributed by atoms with Gasteiger partial charge < -0.3 is 0 Å². The van der Waals surface area contributed by atoms with Crippen molar-refractivity contribution in [1.29, 1.82) is 0 Å². The van der Waals surface area contributed by atoms with Gasteiger partial charge in [0.05, 0.1) is 0 Å². The first-order valence-electron chi connectivity index (χ1n) is 2.60. The zero-order valence-corrected chi connectivity index (χ0v) is 5.97. The summed E-state index contributed by atoms with van der Waals surface area (Å²) in [5.41, 5.74) is 1.53. The Labute approximate surface area is 56.9 Å². The van der Waals surface area contributed by atoms with E-state index in [-0.39, 0.29) is 0 Å². The topological polar surface area (TPSA) is 0 Å². The van der Waals surface area contributed by atoms with Crippen LogP contribution in [0.5, 0.6) is 0 Å². The summed E-state index contributed by atoms with van der Waals surface area (Å²) in [5, 5.41) is 5.25. The number of thiophene rings is 1. The highest BCUT2D eigenvalue weighted by Crippen LogP contribution is 2.46. The van der Waals surface area contributed by atoms with E-state index in [4.69, 9.17) is 0 Å². The van der Waals surface area contributed by atoms with Crippen molar-refractivity contribution < 1.29 is 0 Å². The molecule has 0 radical (unpaired) electrons. The second-order valence-electron chi connectivity index (χ2n) is 1.88. The lowest BCUT2D eigenvalue weighted by Gasteiger charge is -1.80. The summed E-state index contributed by atoms with van der Waals surface area (Å²) in [5.74, 6) is 1.34. The molecule has 0 saturated carbocycles. The lowest BCUT2D eigenvalue weighted by Crippen LogP contribution is -1.66. The molecule has 1 aromatic rings. The van der Waals surface area contributed by atoms with E-state index in [1.54, 1.807) is 11.3 Å². The van der Waals surface area contributed by atoms with Gasteiger partial charge in [-0.05, 0) is 22.4 Å². The molecule has 1 unspecified atom stereocenters. The Balaban J connectivity index is 2.28. The van der Waals surface area contributed by atoms with Gasteiger partial charge in [-0.25, -0.2) is 0 Å². The number of hydrogen-bond donors (Lipinski definition) is 0.